The molecule has 0 saturated carbocycles. The van der Waals surface area contributed by atoms with Crippen molar-refractivity contribution >= 4 is 11.8 Å². The van der Waals surface area contributed by atoms with Gasteiger partial charge < -0.3 is 5.32 Å². The predicted octanol–water partition coefficient (Wildman–Crippen LogP) is 3.20. The van der Waals surface area contributed by atoms with E-state index in [-0.39, 0.29) is 0 Å². The Hall–Kier alpha value is -0.470. The third-order valence-corrected chi connectivity index (χ3v) is 5.77. The normalized spacial score (nSPS) is 33.1. The zero-order chi connectivity index (χ0) is 11.7. The lowest BCUT2D eigenvalue weighted by atomic mass is 9.67. The highest BCUT2D eigenvalue weighted by atomic mass is 32.2. The Morgan fingerprint density at radius 3 is 2.76 bits per heavy atom. The summed E-state index contributed by atoms with van der Waals surface area (Å²) in [4.78, 5) is 0. The number of aryl methyl sites for hydroxylation is 1. The standard InChI is InChI=1S/C15H21NS/c1-12-2-4-13(5-3-12)14-10-16-8-6-15(14)7-9-17-11-15/h2-5,14,16H,6-11H2,1H3. The van der Waals surface area contributed by atoms with Crippen LogP contribution in [0.4, 0.5) is 0 Å². The first-order valence-electron chi connectivity index (χ1n) is 6.65. The van der Waals surface area contributed by atoms with Gasteiger partial charge in [0, 0.05) is 12.5 Å². The highest BCUT2D eigenvalue weighted by Crippen LogP contribution is 2.50. The van der Waals surface area contributed by atoms with Gasteiger partial charge in [-0.25, -0.2) is 0 Å². The summed E-state index contributed by atoms with van der Waals surface area (Å²) in [6.07, 6.45) is 2.77. The molecule has 3 rings (SSSR count). The van der Waals surface area contributed by atoms with E-state index in [0.29, 0.717) is 5.41 Å². The van der Waals surface area contributed by atoms with Gasteiger partial charge in [0.25, 0.3) is 0 Å². The van der Waals surface area contributed by atoms with Crippen LogP contribution in [0.5, 0.6) is 0 Å². The van der Waals surface area contributed by atoms with Crippen LogP contribution >= 0.6 is 11.8 Å². The Morgan fingerprint density at radius 1 is 1.24 bits per heavy atom. The number of nitrogens with one attached hydrogen (secondary N) is 1. The minimum atomic E-state index is 0.588. The fraction of sp³-hybridized carbons (Fsp3) is 0.600. The average molecular weight is 247 g/mol. The average Bonchev–Trinajstić information content (AvgIpc) is 2.80. The van der Waals surface area contributed by atoms with Crippen LogP contribution in [0.3, 0.4) is 0 Å². The monoisotopic (exact) mass is 247 g/mol. The van der Waals surface area contributed by atoms with Crippen molar-refractivity contribution in [3.8, 4) is 0 Å². The van der Waals surface area contributed by atoms with Gasteiger partial charge in [-0.1, -0.05) is 29.8 Å². The van der Waals surface area contributed by atoms with Gasteiger partial charge in [0.05, 0.1) is 0 Å². The van der Waals surface area contributed by atoms with Gasteiger partial charge in [-0.15, -0.1) is 0 Å². The molecule has 0 aromatic heterocycles. The maximum Gasteiger partial charge on any atom is 0.00286 e. The summed E-state index contributed by atoms with van der Waals surface area (Å²) in [7, 11) is 0. The van der Waals surface area contributed by atoms with Gasteiger partial charge in [0.15, 0.2) is 0 Å². The van der Waals surface area contributed by atoms with Gasteiger partial charge in [0.1, 0.15) is 0 Å². The summed E-state index contributed by atoms with van der Waals surface area (Å²) >= 11 is 2.15. The second kappa shape index (κ2) is 4.66. The molecule has 2 heteroatoms. The quantitative estimate of drug-likeness (QED) is 0.818. The first-order valence-corrected chi connectivity index (χ1v) is 7.81. The summed E-state index contributed by atoms with van der Waals surface area (Å²) in [5.74, 6) is 3.46. The molecule has 2 saturated heterocycles. The molecule has 2 aliphatic rings. The highest BCUT2D eigenvalue weighted by Gasteiger charge is 2.43. The van der Waals surface area contributed by atoms with E-state index in [1.54, 1.807) is 5.56 Å². The third kappa shape index (κ3) is 2.13. The van der Waals surface area contributed by atoms with E-state index in [2.05, 4.69) is 48.3 Å². The first kappa shape index (κ1) is 11.6. The molecule has 2 unspecified atom stereocenters. The van der Waals surface area contributed by atoms with E-state index < -0.39 is 0 Å². The molecule has 2 heterocycles. The van der Waals surface area contributed by atoms with Crippen molar-refractivity contribution in [3.05, 3.63) is 35.4 Å². The van der Waals surface area contributed by atoms with Crippen molar-refractivity contribution in [1.82, 2.24) is 5.32 Å². The van der Waals surface area contributed by atoms with Crippen LogP contribution < -0.4 is 5.32 Å². The van der Waals surface area contributed by atoms with E-state index in [4.69, 9.17) is 0 Å². The molecule has 1 aromatic rings. The second-order valence-electron chi connectivity index (χ2n) is 5.58. The molecule has 1 spiro atoms. The number of hydrogen-bond donors (Lipinski definition) is 1. The predicted molar refractivity (Wildman–Crippen MR) is 75.8 cm³/mol. The van der Waals surface area contributed by atoms with E-state index in [1.807, 2.05) is 0 Å². The highest BCUT2D eigenvalue weighted by molar-refractivity contribution is 7.99. The van der Waals surface area contributed by atoms with Gasteiger partial charge in [-0.2, -0.15) is 11.8 Å². The van der Waals surface area contributed by atoms with E-state index in [9.17, 15) is 0 Å². The van der Waals surface area contributed by atoms with Crippen molar-refractivity contribution in [2.24, 2.45) is 5.41 Å². The Morgan fingerprint density at radius 2 is 2.06 bits per heavy atom. The van der Waals surface area contributed by atoms with Crippen LogP contribution in [0.25, 0.3) is 0 Å². The van der Waals surface area contributed by atoms with Crippen LogP contribution in [0.1, 0.15) is 29.9 Å². The third-order valence-electron chi connectivity index (χ3n) is 4.50. The van der Waals surface area contributed by atoms with Gasteiger partial charge in [0.2, 0.25) is 0 Å². The molecule has 2 atom stereocenters. The lowest BCUT2D eigenvalue weighted by Crippen LogP contribution is -2.43. The first-order chi connectivity index (χ1) is 8.30. The van der Waals surface area contributed by atoms with Gasteiger partial charge >= 0.3 is 0 Å². The van der Waals surface area contributed by atoms with Crippen LogP contribution in [-0.2, 0) is 0 Å². The van der Waals surface area contributed by atoms with E-state index in [0.717, 1.165) is 5.92 Å². The molecule has 1 nitrogen and oxygen atoms in total. The lowest BCUT2D eigenvalue weighted by Gasteiger charge is -2.41. The molecule has 0 amide bonds. The molecule has 0 aliphatic carbocycles. The molecule has 2 fully saturated rings. The SMILES string of the molecule is Cc1ccc(C2CNCCC23CCSC3)cc1. The Kier molecular flexibility index (Phi) is 3.18. The Labute approximate surface area is 108 Å². The van der Waals surface area contributed by atoms with Gasteiger partial charge in [-0.05, 0) is 48.8 Å². The zero-order valence-corrected chi connectivity index (χ0v) is 11.4. The fourth-order valence-electron chi connectivity index (χ4n) is 3.34. The molecule has 1 N–H and O–H groups in total. The second-order valence-corrected chi connectivity index (χ2v) is 6.69. The van der Waals surface area contributed by atoms with E-state index >= 15 is 0 Å². The number of hydrogen-bond acceptors (Lipinski definition) is 2. The Balaban J connectivity index is 1.91. The number of rotatable bonds is 1. The summed E-state index contributed by atoms with van der Waals surface area (Å²) in [6, 6.07) is 9.22. The van der Waals surface area contributed by atoms with Crippen LogP contribution in [0.15, 0.2) is 24.3 Å². The minimum Gasteiger partial charge on any atom is -0.316 e. The van der Waals surface area contributed by atoms with Crippen LogP contribution in [0, 0.1) is 12.3 Å². The molecular weight excluding hydrogens is 226 g/mol. The molecule has 92 valence electrons. The molecule has 1 aromatic carbocycles. The number of thioether (sulfide) groups is 1. The van der Waals surface area contributed by atoms with Crippen molar-refractivity contribution in [3.63, 3.8) is 0 Å². The van der Waals surface area contributed by atoms with Crippen molar-refractivity contribution in [1.29, 1.82) is 0 Å². The summed E-state index contributed by atoms with van der Waals surface area (Å²) in [5, 5.41) is 3.59. The maximum atomic E-state index is 3.59. The fourth-order valence-corrected chi connectivity index (χ4v) is 4.93. The van der Waals surface area contributed by atoms with Crippen molar-refractivity contribution < 1.29 is 0 Å². The number of piperidine rings is 1. The lowest BCUT2D eigenvalue weighted by molar-refractivity contribution is 0.197. The maximum absolute atomic E-state index is 3.59. The molecule has 17 heavy (non-hydrogen) atoms. The summed E-state index contributed by atoms with van der Waals surface area (Å²) < 4.78 is 0. The van der Waals surface area contributed by atoms with Crippen LogP contribution in [-0.4, -0.2) is 24.6 Å². The summed E-state index contributed by atoms with van der Waals surface area (Å²) in [5.41, 5.74) is 3.50. The van der Waals surface area contributed by atoms with Crippen molar-refractivity contribution in [2.75, 3.05) is 24.6 Å². The Bertz CT molecular complexity index is 378. The van der Waals surface area contributed by atoms with Crippen LogP contribution in [0.2, 0.25) is 0 Å². The summed E-state index contributed by atoms with van der Waals surface area (Å²) in [6.45, 7) is 4.55. The van der Waals surface area contributed by atoms with E-state index in [1.165, 1.54) is 43.0 Å². The zero-order valence-electron chi connectivity index (χ0n) is 10.5. The number of benzene rings is 1. The van der Waals surface area contributed by atoms with Crippen molar-refractivity contribution in [2.45, 2.75) is 25.7 Å². The molecular formula is C15H21NS. The molecule has 0 radical (unpaired) electrons. The minimum absolute atomic E-state index is 0.588. The smallest absolute Gasteiger partial charge is 0.00286 e. The molecule has 2 aliphatic heterocycles. The largest absolute Gasteiger partial charge is 0.316 e. The van der Waals surface area contributed by atoms with Gasteiger partial charge in [-0.3, -0.25) is 0 Å². The molecule has 0 bridgehead atoms. The topological polar surface area (TPSA) is 12.0 Å².